The zero-order valence-corrected chi connectivity index (χ0v) is 12.8. The predicted octanol–water partition coefficient (Wildman–Crippen LogP) is -1.05. The summed E-state index contributed by atoms with van der Waals surface area (Å²) in [6.07, 6.45) is 0.684. The molecule has 1 aliphatic heterocycles. The van der Waals surface area contributed by atoms with Crippen LogP contribution < -0.4 is 5.32 Å². The van der Waals surface area contributed by atoms with E-state index in [0.29, 0.717) is 11.3 Å². The molecule has 10 nitrogen and oxygen atoms in total. The Hall–Kier alpha value is -2.49. The van der Waals surface area contributed by atoms with Crippen LogP contribution in [0.5, 0.6) is 0 Å². The highest BCUT2D eigenvalue weighted by molar-refractivity contribution is 6.19. The number of nitrogens with zero attached hydrogens (tertiary/aromatic N) is 2. The van der Waals surface area contributed by atoms with Crippen LogP contribution in [0.15, 0.2) is 0 Å². The molecule has 2 atom stereocenters. The fourth-order valence-electron chi connectivity index (χ4n) is 2.12. The molecule has 4 amide bonds. The number of hydrogen-bond acceptors (Lipinski definition) is 6. The second kappa shape index (κ2) is 7.68. The van der Waals surface area contributed by atoms with Gasteiger partial charge in [-0.05, 0) is 5.92 Å². The van der Waals surface area contributed by atoms with Crippen molar-refractivity contribution < 1.29 is 34.2 Å². The zero-order valence-electron chi connectivity index (χ0n) is 12.8. The van der Waals surface area contributed by atoms with E-state index in [9.17, 15) is 24.0 Å². The van der Waals surface area contributed by atoms with Gasteiger partial charge in [0.15, 0.2) is 6.04 Å². The summed E-state index contributed by atoms with van der Waals surface area (Å²) in [5, 5.41) is 19.7. The quantitative estimate of drug-likeness (QED) is 0.478. The van der Waals surface area contributed by atoms with Crippen molar-refractivity contribution in [3.63, 3.8) is 0 Å². The maximum atomic E-state index is 12.4. The molecule has 23 heavy (non-hydrogen) atoms. The average molecular weight is 329 g/mol. The molecule has 1 fully saturated rings. The van der Waals surface area contributed by atoms with E-state index in [0.717, 1.165) is 4.90 Å². The van der Waals surface area contributed by atoms with Gasteiger partial charge in [-0.2, -0.15) is 0 Å². The fourth-order valence-corrected chi connectivity index (χ4v) is 2.12. The second-order valence-corrected chi connectivity index (χ2v) is 5.35. The highest BCUT2D eigenvalue weighted by Crippen LogP contribution is 2.14. The van der Waals surface area contributed by atoms with Crippen LogP contribution in [-0.4, -0.2) is 75.5 Å². The molecule has 3 N–H and O–H groups in total. The summed E-state index contributed by atoms with van der Waals surface area (Å²) in [5.74, 6) is -4.75. The van der Waals surface area contributed by atoms with Gasteiger partial charge < -0.3 is 10.2 Å². The van der Waals surface area contributed by atoms with Gasteiger partial charge in [-0.25, -0.2) is 4.79 Å². The molecule has 0 spiro atoms. The number of carboxylic acid groups (broad SMARTS) is 2. The van der Waals surface area contributed by atoms with Crippen LogP contribution in [0.1, 0.15) is 20.3 Å². The van der Waals surface area contributed by atoms with E-state index >= 15 is 0 Å². The molecular weight excluding hydrogens is 310 g/mol. The lowest BCUT2D eigenvalue weighted by atomic mass is 10.1. The molecule has 0 saturated carbocycles. The number of carbonyl (C=O) groups excluding carboxylic acids is 3. The summed E-state index contributed by atoms with van der Waals surface area (Å²) in [7, 11) is 0. The Morgan fingerprint density at radius 3 is 2.17 bits per heavy atom. The topological polar surface area (TPSA) is 144 Å². The number of carbonyl (C=O) groups is 5. The first-order chi connectivity index (χ1) is 10.7. The molecule has 0 aromatic heterocycles. The molecular formula is C13H19N3O7. The number of rotatable bonds is 8. The first kappa shape index (κ1) is 18.6. The van der Waals surface area contributed by atoms with Gasteiger partial charge in [-0.3, -0.25) is 34.3 Å². The van der Waals surface area contributed by atoms with Crippen molar-refractivity contribution in [2.75, 3.05) is 19.6 Å². The lowest BCUT2D eigenvalue weighted by molar-refractivity contribution is -0.150. The fraction of sp³-hybridized carbons (Fsp3) is 0.615. The molecule has 10 heteroatoms. The third kappa shape index (κ3) is 4.74. The van der Waals surface area contributed by atoms with Gasteiger partial charge >= 0.3 is 18.0 Å². The molecule has 0 aromatic carbocycles. The highest BCUT2D eigenvalue weighted by atomic mass is 16.4. The van der Waals surface area contributed by atoms with E-state index in [-0.39, 0.29) is 12.5 Å². The molecule has 0 aliphatic carbocycles. The summed E-state index contributed by atoms with van der Waals surface area (Å²) in [6.45, 7) is 2.08. The van der Waals surface area contributed by atoms with Crippen LogP contribution in [0.25, 0.3) is 0 Å². The third-order valence-corrected chi connectivity index (χ3v) is 3.46. The molecule has 1 heterocycles. The minimum absolute atomic E-state index is 0.0223. The number of carboxylic acids is 2. The average Bonchev–Trinajstić information content (AvgIpc) is 2.41. The van der Waals surface area contributed by atoms with Crippen molar-refractivity contribution >= 4 is 29.8 Å². The number of aliphatic carboxylic acids is 2. The normalized spacial score (nSPS) is 19.7. The molecule has 128 valence electrons. The van der Waals surface area contributed by atoms with Crippen molar-refractivity contribution in [1.82, 2.24) is 15.1 Å². The summed E-state index contributed by atoms with van der Waals surface area (Å²) < 4.78 is 0. The Morgan fingerprint density at radius 1 is 1.22 bits per heavy atom. The first-order valence-corrected chi connectivity index (χ1v) is 7.01. The Labute approximate surface area is 132 Å². The van der Waals surface area contributed by atoms with E-state index in [2.05, 4.69) is 0 Å². The SMILES string of the molecule is CCC(C)CN1C(=O)NC(=O)C(N(CC(=O)O)CC(=O)O)C1=O. The van der Waals surface area contributed by atoms with E-state index in [4.69, 9.17) is 10.2 Å². The number of imide groups is 2. The van der Waals surface area contributed by atoms with E-state index in [1.165, 1.54) is 0 Å². The number of hydrogen-bond donors (Lipinski definition) is 3. The molecule has 1 rings (SSSR count). The highest BCUT2D eigenvalue weighted by Gasteiger charge is 2.45. The Morgan fingerprint density at radius 2 is 1.74 bits per heavy atom. The monoisotopic (exact) mass is 329 g/mol. The maximum absolute atomic E-state index is 12.4. The van der Waals surface area contributed by atoms with Crippen LogP contribution in [-0.2, 0) is 19.2 Å². The van der Waals surface area contributed by atoms with Crippen LogP contribution in [0, 0.1) is 5.92 Å². The number of urea groups is 1. The van der Waals surface area contributed by atoms with E-state index in [1.54, 1.807) is 6.92 Å². The van der Waals surface area contributed by atoms with Crippen LogP contribution in [0.4, 0.5) is 4.79 Å². The van der Waals surface area contributed by atoms with Crippen LogP contribution in [0.2, 0.25) is 0 Å². The molecule has 1 saturated heterocycles. The van der Waals surface area contributed by atoms with Gasteiger partial charge in [0.25, 0.3) is 11.8 Å². The Bertz CT molecular complexity index is 518. The Balaban J connectivity index is 3.06. The van der Waals surface area contributed by atoms with Crippen molar-refractivity contribution in [1.29, 1.82) is 0 Å². The van der Waals surface area contributed by atoms with Crippen LogP contribution >= 0.6 is 0 Å². The van der Waals surface area contributed by atoms with E-state index in [1.807, 2.05) is 12.2 Å². The lowest BCUT2D eigenvalue weighted by Gasteiger charge is -2.35. The first-order valence-electron chi connectivity index (χ1n) is 7.01. The minimum Gasteiger partial charge on any atom is -0.480 e. The van der Waals surface area contributed by atoms with Gasteiger partial charge in [-0.1, -0.05) is 20.3 Å². The molecule has 0 aromatic rings. The predicted molar refractivity (Wildman–Crippen MR) is 75.3 cm³/mol. The zero-order chi connectivity index (χ0) is 17.7. The van der Waals surface area contributed by atoms with Gasteiger partial charge in [0.1, 0.15) is 0 Å². The second-order valence-electron chi connectivity index (χ2n) is 5.35. The summed E-state index contributed by atoms with van der Waals surface area (Å²) in [4.78, 5) is 59.4. The van der Waals surface area contributed by atoms with Crippen molar-refractivity contribution in [3.05, 3.63) is 0 Å². The maximum Gasteiger partial charge on any atom is 0.330 e. The number of amides is 4. The lowest BCUT2D eigenvalue weighted by Crippen LogP contribution is -2.67. The minimum atomic E-state index is -1.66. The summed E-state index contributed by atoms with van der Waals surface area (Å²) in [5.41, 5.74) is 0. The van der Waals surface area contributed by atoms with Crippen LogP contribution in [0.3, 0.4) is 0 Å². The summed E-state index contributed by atoms with van der Waals surface area (Å²) >= 11 is 0. The van der Waals surface area contributed by atoms with Crippen molar-refractivity contribution in [3.8, 4) is 0 Å². The standard InChI is InChI=1S/C13H19N3O7/c1-3-7(2)4-16-12(22)10(11(21)14-13(16)23)15(5-8(17)18)6-9(19)20/h7,10H,3-6H2,1-2H3,(H,17,18)(H,19,20)(H,14,21,23). The van der Waals surface area contributed by atoms with Gasteiger partial charge in [0.2, 0.25) is 0 Å². The van der Waals surface area contributed by atoms with Gasteiger partial charge in [-0.15, -0.1) is 0 Å². The van der Waals surface area contributed by atoms with Gasteiger partial charge in [0, 0.05) is 6.54 Å². The van der Waals surface area contributed by atoms with Crippen molar-refractivity contribution in [2.24, 2.45) is 5.92 Å². The van der Waals surface area contributed by atoms with Crippen molar-refractivity contribution in [2.45, 2.75) is 26.3 Å². The molecule has 0 radical (unpaired) electrons. The number of barbiturate groups is 1. The smallest absolute Gasteiger partial charge is 0.330 e. The molecule has 0 bridgehead atoms. The Kier molecular flexibility index (Phi) is 6.19. The molecule has 2 unspecified atom stereocenters. The third-order valence-electron chi connectivity index (χ3n) is 3.46. The van der Waals surface area contributed by atoms with E-state index < -0.39 is 48.9 Å². The summed E-state index contributed by atoms with van der Waals surface area (Å²) in [6, 6.07) is -2.55. The largest absolute Gasteiger partial charge is 0.480 e. The van der Waals surface area contributed by atoms with Gasteiger partial charge in [0.05, 0.1) is 13.1 Å². The number of nitrogens with one attached hydrogen (secondary N) is 1. The molecule has 1 aliphatic rings.